The third-order valence-corrected chi connectivity index (χ3v) is 4.33. The lowest BCUT2D eigenvalue weighted by Crippen LogP contribution is -2.26. The molecular weight excluding hydrogens is 311 g/mol. The van der Waals surface area contributed by atoms with Crippen LogP contribution in [0.1, 0.15) is 38.8 Å². The predicted octanol–water partition coefficient (Wildman–Crippen LogP) is 4.63. The molecule has 1 aromatic carbocycles. The third-order valence-electron chi connectivity index (χ3n) is 2.44. The minimum absolute atomic E-state index is 0.138. The van der Waals surface area contributed by atoms with Crippen molar-refractivity contribution in [3.8, 4) is 0 Å². The van der Waals surface area contributed by atoms with E-state index in [-0.39, 0.29) is 11.3 Å². The van der Waals surface area contributed by atoms with Crippen molar-refractivity contribution in [1.29, 1.82) is 0 Å². The van der Waals surface area contributed by atoms with Crippen LogP contribution in [0.3, 0.4) is 0 Å². The summed E-state index contributed by atoms with van der Waals surface area (Å²) in [7, 11) is 0. The lowest BCUT2D eigenvalue weighted by molar-refractivity contribution is -0.137. The molecule has 0 aromatic heterocycles. The minimum atomic E-state index is -4.53. The summed E-state index contributed by atoms with van der Waals surface area (Å²) in [5.74, 6) is 0. The van der Waals surface area contributed by atoms with E-state index in [1.54, 1.807) is 20.8 Å². The zero-order chi connectivity index (χ0) is 15.7. The van der Waals surface area contributed by atoms with E-state index < -0.39 is 32.9 Å². The Hall–Kier alpha value is -0.720. The maximum atomic E-state index is 12.8. The van der Waals surface area contributed by atoms with Crippen LogP contribution in [0.2, 0.25) is 5.02 Å². The van der Waals surface area contributed by atoms with Crippen LogP contribution >= 0.6 is 11.6 Å². The first-order valence-corrected chi connectivity index (χ1v) is 7.26. The Labute approximate surface area is 124 Å². The Kier molecular flexibility index (Phi) is 5.16. The fourth-order valence-electron chi connectivity index (χ4n) is 1.34. The minimum Gasteiger partial charge on any atom is -0.591 e. The Morgan fingerprint density at radius 2 is 1.80 bits per heavy atom. The molecule has 0 aliphatic heterocycles. The van der Waals surface area contributed by atoms with Crippen LogP contribution < -0.4 is 0 Å². The fraction of sp³-hybridized carbons (Fsp3) is 0.462. The lowest BCUT2D eigenvalue weighted by atomic mass is 10.1. The number of hydrogen-bond acceptors (Lipinski definition) is 2. The average molecular weight is 326 g/mol. The van der Waals surface area contributed by atoms with Crippen LogP contribution in [0.25, 0.3) is 0 Å². The summed E-state index contributed by atoms with van der Waals surface area (Å²) in [5, 5.41) is -0.424. The molecule has 1 atom stereocenters. The number of nitrogens with zero attached hydrogens (tertiary/aromatic N) is 1. The number of halogens is 4. The topological polar surface area (TPSA) is 35.4 Å². The van der Waals surface area contributed by atoms with Gasteiger partial charge in [0.15, 0.2) is 0 Å². The standard InChI is InChI=1S/C13H15ClF3NOS/c1-8(18-20(19)12(2,3)4)9-6-5-7-10(11(9)14)13(15,16)17/h5-7H,1-4H3/b18-8+/t20-/m1/s1. The lowest BCUT2D eigenvalue weighted by Gasteiger charge is -2.19. The van der Waals surface area contributed by atoms with Crippen LogP contribution in [0.4, 0.5) is 13.2 Å². The summed E-state index contributed by atoms with van der Waals surface area (Å²) in [4.78, 5) is 0. The highest BCUT2D eigenvalue weighted by Crippen LogP contribution is 2.36. The molecule has 112 valence electrons. The number of rotatable bonds is 2. The van der Waals surface area contributed by atoms with Gasteiger partial charge >= 0.3 is 6.18 Å². The summed E-state index contributed by atoms with van der Waals surface area (Å²) in [6, 6.07) is 3.58. The van der Waals surface area contributed by atoms with E-state index in [1.807, 2.05) is 0 Å². The second kappa shape index (κ2) is 5.95. The highest BCUT2D eigenvalue weighted by molar-refractivity contribution is 7.91. The van der Waals surface area contributed by atoms with Crippen LogP contribution in [0.5, 0.6) is 0 Å². The summed E-state index contributed by atoms with van der Waals surface area (Å²) >= 11 is 4.23. The summed E-state index contributed by atoms with van der Waals surface area (Å²) < 4.78 is 53.5. The van der Waals surface area contributed by atoms with Crippen molar-refractivity contribution >= 4 is 28.7 Å². The van der Waals surface area contributed by atoms with Crippen molar-refractivity contribution in [3.05, 3.63) is 34.3 Å². The molecule has 0 amide bonds. The molecule has 0 heterocycles. The molecular formula is C13H15ClF3NOS. The second-order valence-electron chi connectivity index (χ2n) is 5.20. The fourth-order valence-corrected chi connectivity index (χ4v) is 2.33. The molecule has 0 aliphatic carbocycles. The first kappa shape index (κ1) is 17.3. The zero-order valence-electron chi connectivity index (χ0n) is 11.5. The molecule has 0 aliphatic rings. The molecule has 0 saturated heterocycles. The van der Waals surface area contributed by atoms with E-state index in [9.17, 15) is 17.7 Å². The van der Waals surface area contributed by atoms with Crippen LogP contribution in [0.15, 0.2) is 22.6 Å². The SMILES string of the molecule is C/C(=N\[S@+]([O-])C(C)(C)C)c1cccc(C(F)(F)F)c1Cl. The van der Waals surface area contributed by atoms with E-state index in [0.29, 0.717) is 0 Å². The van der Waals surface area contributed by atoms with Crippen molar-refractivity contribution < 1.29 is 17.7 Å². The monoisotopic (exact) mass is 325 g/mol. The largest absolute Gasteiger partial charge is 0.591 e. The van der Waals surface area contributed by atoms with E-state index in [2.05, 4.69) is 4.40 Å². The van der Waals surface area contributed by atoms with E-state index >= 15 is 0 Å². The predicted molar refractivity (Wildman–Crippen MR) is 76.6 cm³/mol. The van der Waals surface area contributed by atoms with Gasteiger partial charge in [-0.3, -0.25) is 0 Å². The molecule has 20 heavy (non-hydrogen) atoms. The molecule has 0 unspecified atom stereocenters. The maximum Gasteiger partial charge on any atom is 0.417 e. The molecule has 1 rings (SSSR count). The molecule has 7 heteroatoms. The molecule has 0 saturated carbocycles. The van der Waals surface area contributed by atoms with Gasteiger partial charge in [-0.05, 0) is 33.8 Å². The zero-order valence-corrected chi connectivity index (χ0v) is 13.1. The quantitative estimate of drug-likeness (QED) is 0.576. The number of benzene rings is 1. The Balaban J connectivity index is 3.25. The van der Waals surface area contributed by atoms with Crippen molar-refractivity contribution in [2.45, 2.75) is 38.6 Å². The van der Waals surface area contributed by atoms with Crippen molar-refractivity contribution in [1.82, 2.24) is 0 Å². The van der Waals surface area contributed by atoms with Gasteiger partial charge in [0.1, 0.15) is 16.1 Å². The van der Waals surface area contributed by atoms with Gasteiger partial charge in [-0.25, -0.2) is 0 Å². The van der Waals surface area contributed by atoms with Gasteiger partial charge in [0.2, 0.25) is 0 Å². The molecule has 0 fully saturated rings. The second-order valence-corrected chi connectivity index (χ2v) is 7.49. The molecule has 0 radical (unpaired) electrons. The van der Waals surface area contributed by atoms with Gasteiger partial charge < -0.3 is 4.55 Å². The first-order chi connectivity index (χ1) is 8.94. The normalized spacial score (nSPS) is 15.3. The van der Waals surface area contributed by atoms with Gasteiger partial charge in [0.25, 0.3) is 0 Å². The van der Waals surface area contributed by atoms with Crippen LogP contribution in [0, 0.1) is 0 Å². The molecule has 0 bridgehead atoms. The Morgan fingerprint density at radius 1 is 1.25 bits per heavy atom. The highest BCUT2D eigenvalue weighted by Gasteiger charge is 2.34. The van der Waals surface area contributed by atoms with Crippen molar-refractivity contribution in [2.24, 2.45) is 4.40 Å². The molecule has 1 aromatic rings. The Bertz CT molecular complexity index is 523. The van der Waals surface area contributed by atoms with Gasteiger partial charge in [0, 0.05) is 5.56 Å². The van der Waals surface area contributed by atoms with Gasteiger partial charge in [-0.1, -0.05) is 28.1 Å². The summed E-state index contributed by atoms with van der Waals surface area (Å²) in [6.45, 7) is 6.68. The maximum absolute atomic E-state index is 12.8. The van der Waals surface area contributed by atoms with Crippen molar-refractivity contribution in [2.75, 3.05) is 0 Å². The Morgan fingerprint density at radius 3 is 2.25 bits per heavy atom. The van der Waals surface area contributed by atoms with E-state index in [1.165, 1.54) is 19.1 Å². The van der Waals surface area contributed by atoms with Crippen molar-refractivity contribution in [3.63, 3.8) is 0 Å². The number of alkyl halides is 3. The highest BCUT2D eigenvalue weighted by atomic mass is 35.5. The molecule has 2 nitrogen and oxygen atoms in total. The summed E-state index contributed by atoms with van der Waals surface area (Å²) in [6.07, 6.45) is -4.53. The summed E-state index contributed by atoms with van der Waals surface area (Å²) in [5.41, 5.74) is -0.568. The van der Waals surface area contributed by atoms with E-state index in [4.69, 9.17) is 11.6 Å². The third kappa shape index (κ3) is 4.14. The van der Waals surface area contributed by atoms with Gasteiger partial charge in [-0.2, -0.15) is 13.2 Å². The van der Waals surface area contributed by atoms with Gasteiger partial charge in [-0.15, -0.1) is 0 Å². The first-order valence-electron chi connectivity index (χ1n) is 5.78. The van der Waals surface area contributed by atoms with Crippen LogP contribution in [-0.4, -0.2) is 15.0 Å². The average Bonchev–Trinajstić information content (AvgIpc) is 2.26. The molecule has 0 N–H and O–H groups in total. The number of hydrogen-bond donors (Lipinski definition) is 0. The van der Waals surface area contributed by atoms with Gasteiger partial charge in [0.05, 0.1) is 16.3 Å². The smallest absolute Gasteiger partial charge is 0.417 e. The van der Waals surface area contributed by atoms with E-state index in [0.717, 1.165) is 6.07 Å². The molecule has 0 spiro atoms. The van der Waals surface area contributed by atoms with Crippen LogP contribution in [-0.2, 0) is 17.5 Å².